The number of hydrazone groups is 1. The zero-order valence-corrected chi connectivity index (χ0v) is 66.2. The Morgan fingerprint density at radius 1 is 0.487 bits per heavy atom. The van der Waals surface area contributed by atoms with E-state index in [2.05, 4.69) is 84.2 Å². The Kier molecular flexibility index (Phi) is 46.6. The predicted molar refractivity (Wildman–Crippen MR) is 442 cm³/mol. The first-order valence-corrected chi connectivity index (χ1v) is 39.6. The number of imide groups is 1. The molecule has 9 amide bonds. The van der Waals surface area contributed by atoms with Gasteiger partial charge < -0.3 is 105 Å². The minimum absolute atomic E-state index is 0.0157. The fraction of sp³-hybridized carbons (Fsp3) is 0.532. The highest BCUT2D eigenvalue weighted by molar-refractivity contribution is 7.80. The van der Waals surface area contributed by atoms with Crippen molar-refractivity contribution in [3.8, 4) is 17.2 Å². The number of aromatic nitrogens is 3. The number of rotatable bonds is 60. The quantitative estimate of drug-likeness (QED) is 0.00501. The van der Waals surface area contributed by atoms with Crippen molar-refractivity contribution in [2.24, 2.45) is 21.7 Å². The number of hydrogen-bond acceptors (Lipinski definition) is 23. The number of aliphatic imine (C=N–C) groups is 1. The minimum Gasteiger partial charge on any atom is -0.508 e. The van der Waals surface area contributed by atoms with E-state index in [-0.39, 0.29) is 151 Å². The van der Waals surface area contributed by atoms with Crippen LogP contribution in [-0.4, -0.2) is 215 Å². The van der Waals surface area contributed by atoms with Gasteiger partial charge in [-0.1, -0.05) is 5.21 Å². The standard InChI is InChI=1S/C77H116N20O14S2/c78-58(13-1-4-44-87-75(112)90-60-18-24-65(99)25-19-60)55-80-38-7-9-40-82-67(101)30-35-77(92-71(105)34-50-110-52-54-111-53-51-109-49-33-70(104)85-46-48-97-72(106)28-29-73(97)107,36-31-68(102)83-41-10-8-39-81-56-62(93-79)14-2-6-45-88-76(113)91-61-20-26-66(100)27-21-61)37-32-69(103)84-42-11-12-47-96-57-63(94-95-96)15-3-5-43-86-74(108)89-59-16-22-64(98)23-17-59/h16-29,55-57,80,98-100H,1-15,30-54,78-79H2,(H,82,101)(H,83,102)(H,84,103)(H,85,104)(H,92,105)(H2,86,89,108)(H2,87,90,112)(H2,88,91,113)/b58-55-,81-56?,93-62?. The van der Waals surface area contributed by atoms with Gasteiger partial charge in [-0.3, -0.25) is 48.1 Å². The van der Waals surface area contributed by atoms with Gasteiger partial charge in [-0.05, 0) is 213 Å². The van der Waals surface area contributed by atoms with E-state index in [1.807, 2.05) is 6.20 Å². The van der Waals surface area contributed by atoms with Crippen LogP contribution < -0.4 is 75.4 Å². The van der Waals surface area contributed by atoms with Crippen molar-refractivity contribution in [1.82, 2.24) is 67.7 Å². The zero-order valence-electron chi connectivity index (χ0n) is 64.6. The molecule has 0 bridgehead atoms. The van der Waals surface area contributed by atoms with Crippen molar-refractivity contribution < 1.29 is 67.9 Å². The molecule has 0 aliphatic carbocycles. The molecule has 1 aliphatic heterocycles. The maximum absolute atomic E-state index is 14.1. The molecule has 2 heterocycles. The largest absolute Gasteiger partial charge is 0.508 e. The van der Waals surface area contributed by atoms with Crippen LogP contribution in [0.25, 0.3) is 0 Å². The molecule has 36 heteroatoms. The molecule has 620 valence electrons. The van der Waals surface area contributed by atoms with Gasteiger partial charge in [-0.25, -0.2) is 4.79 Å². The summed E-state index contributed by atoms with van der Waals surface area (Å²) in [5, 5.41) is 78.1. The number of nitrogens with zero attached hydrogens (tertiary/aromatic N) is 6. The first-order valence-electron chi connectivity index (χ1n) is 38.7. The van der Waals surface area contributed by atoms with E-state index in [0.717, 1.165) is 66.9 Å². The summed E-state index contributed by atoms with van der Waals surface area (Å²) in [6.07, 6.45) is 18.7. The Balaban J connectivity index is 1.10. The van der Waals surface area contributed by atoms with E-state index >= 15 is 0 Å². The number of ether oxygens (including phenoxy) is 3. The van der Waals surface area contributed by atoms with E-state index < -0.39 is 23.3 Å². The van der Waals surface area contributed by atoms with Crippen LogP contribution in [0, 0.1) is 0 Å². The van der Waals surface area contributed by atoms with Gasteiger partial charge in [0.1, 0.15) is 17.2 Å². The van der Waals surface area contributed by atoms with Gasteiger partial charge in [0.25, 0.3) is 11.8 Å². The normalized spacial score (nSPS) is 12.6. The SMILES string of the molecule is NN=C(C=NCCCCNC(=O)CCC(CCC(=O)NCCCCN/C=C(\N)CCCCNC(=S)Nc1ccc(O)cc1)(CCC(=O)NCCCCn1cc(CCCCNC(=O)Nc2ccc(O)cc2)nn1)NC(=O)CCOCCOCCOCCC(=O)NCCN1C(=O)C=CC1=O)CCCCNC(=S)Nc1ccc(O)cc1. The summed E-state index contributed by atoms with van der Waals surface area (Å²) >= 11 is 10.7. The Labute approximate surface area is 671 Å². The van der Waals surface area contributed by atoms with Gasteiger partial charge in [0, 0.05) is 163 Å². The highest BCUT2D eigenvalue weighted by Crippen LogP contribution is 2.27. The van der Waals surface area contributed by atoms with Crippen molar-refractivity contribution >= 4 is 111 Å². The van der Waals surface area contributed by atoms with E-state index in [0.29, 0.717) is 138 Å². The lowest BCUT2D eigenvalue weighted by molar-refractivity contribution is -0.137. The number of aromatic hydroxyl groups is 3. The third-order valence-electron chi connectivity index (χ3n) is 17.5. The second-order valence-corrected chi connectivity index (χ2v) is 27.6. The van der Waals surface area contributed by atoms with Gasteiger partial charge in [-0.15, -0.1) is 5.10 Å². The lowest BCUT2D eigenvalue weighted by Gasteiger charge is -2.35. The minimum atomic E-state index is -1.18. The van der Waals surface area contributed by atoms with Crippen molar-refractivity contribution in [3.63, 3.8) is 0 Å². The average molecular weight is 1610 g/mol. The molecule has 34 nitrogen and oxygen atoms in total. The molecule has 4 aromatic rings. The summed E-state index contributed by atoms with van der Waals surface area (Å²) in [4.78, 5) is 109. The number of nitrogens with two attached hydrogens (primary N) is 2. The van der Waals surface area contributed by atoms with Crippen LogP contribution in [-0.2, 0) is 60.7 Å². The number of benzene rings is 3. The summed E-state index contributed by atoms with van der Waals surface area (Å²) < 4.78 is 18.7. The number of urea groups is 1. The Bertz CT molecular complexity index is 3640. The molecule has 5 rings (SSSR count). The van der Waals surface area contributed by atoms with Gasteiger partial charge in [0.2, 0.25) is 29.5 Å². The number of anilines is 3. The Morgan fingerprint density at radius 3 is 1.48 bits per heavy atom. The highest BCUT2D eigenvalue weighted by atomic mass is 32.1. The molecule has 1 atom stereocenters. The van der Waals surface area contributed by atoms with Crippen molar-refractivity contribution in [2.75, 3.05) is 121 Å². The number of allylic oxidation sites excluding steroid dienone is 1. The van der Waals surface area contributed by atoms with Gasteiger partial charge in [-0.2, -0.15) is 5.10 Å². The molecular formula is C77H116N20O14S2. The summed E-state index contributed by atoms with van der Waals surface area (Å²) in [5.41, 5.74) is 9.36. The molecule has 0 spiro atoms. The molecule has 0 fully saturated rings. The number of hydrogen-bond donors (Lipinski definition) is 17. The molecule has 3 aromatic carbocycles. The smallest absolute Gasteiger partial charge is 0.319 e. The van der Waals surface area contributed by atoms with E-state index in [1.54, 1.807) is 77.8 Å². The third-order valence-corrected chi connectivity index (χ3v) is 18.0. The van der Waals surface area contributed by atoms with E-state index in [9.17, 15) is 53.7 Å². The fourth-order valence-electron chi connectivity index (χ4n) is 11.2. The van der Waals surface area contributed by atoms with Crippen molar-refractivity contribution in [3.05, 3.63) is 109 Å². The fourth-order valence-corrected chi connectivity index (χ4v) is 11.6. The Morgan fingerprint density at radius 2 is 0.929 bits per heavy atom. The highest BCUT2D eigenvalue weighted by Gasteiger charge is 2.34. The van der Waals surface area contributed by atoms with Crippen LogP contribution in [0.5, 0.6) is 17.2 Å². The van der Waals surface area contributed by atoms with Crippen LogP contribution in [0.4, 0.5) is 21.9 Å². The number of phenolic OH excluding ortho intramolecular Hbond substituents is 3. The molecule has 1 aromatic heterocycles. The van der Waals surface area contributed by atoms with Crippen LogP contribution in [0.15, 0.2) is 113 Å². The van der Waals surface area contributed by atoms with E-state index in [4.69, 9.17) is 50.2 Å². The van der Waals surface area contributed by atoms with Gasteiger partial charge in [0.15, 0.2) is 10.2 Å². The second kappa shape index (κ2) is 56.6. The second-order valence-electron chi connectivity index (χ2n) is 26.8. The number of nitrogens with one attached hydrogen (secondary N) is 12. The number of amides is 9. The molecule has 1 aliphatic rings. The molecule has 0 saturated heterocycles. The maximum Gasteiger partial charge on any atom is 0.319 e. The number of unbranched alkanes of at least 4 members (excludes halogenated alkanes) is 6. The van der Waals surface area contributed by atoms with E-state index in [1.165, 1.54) is 24.3 Å². The lowest BCUT2D eigenvalue weighted by atomic mass is 9.83. The van der Waals surface area contributed by atoms with Gasteiger partial charge in [0.05, 0.1) is 51.0 Å². The van der Waals surface area contributed by atoms with Crippen molar-refractivity contribution in [2.45, 2.75) is 160 Å². The molecular weight excluding hydrogens is 1490 g/mol. The van der Waals surface area contributed by atoms with Crippen LogP contribution in [0.1, 0.15) is 147 Å². The van der Waals surface area contributed by atoms with Crippen LogP contribution in [0.2, 0.25) is 0 Å². The summed E-state index contributed by atoms with van der Waals surface area (Å²) in [5.74, 6) is 3.78. The zero-order chi connectivity index (χ0) is 81.4. The molecule has 1 unspecified atom stereocenters. The molecule has 113 heavy (non-hydrogen) atoms. The summed E-state index contributed by atoms with van der Waals surface area (Å²) in [6, 6.07) is 19.1. The third kappa shape index (κ3) is 44.3. The lowest BCUT2D eigenvalue weighted by Crippen LogP contribution is -2.50. The van der Waals surface area contributed by atoms with Crippen LogP contribution in [0.3, 0.4) is 0 Å². The molecule has 0 saturated carbocycles. The van der Waals surface area contributed by atoms with Crippen LogP contribution >= 0.6 is 24.4 Å². The number of phenols is 3. The average Bonchev–Trinajstić information content (AvgIpc) is 1.62. The number of carbonyl (C=O) groups is 8. The predicted octanol–water partition coefficient (Wildman–Crippen LogP) is 5.38. The topological polar surface area (TPSA) is 480 Å². The first-order chi connectivity index (χ1) is 54.7. The first kappa shape index (κ1) is 93.0. The molecule has 19 N–H and O–H groups in total. The van der Waals surface area contributed by atoms with Crippen molar-refractivity contribution in [1.29, 1.82) is 0 Å². The molecule has 0 radical (unpaired) electrons. The Hall–Kier alpha value is -10.6. The maximum atomic E-state index is 14.1. The summed E-state index contributed by atoms with van der Waals surface area (Å²) in [6.45, 7) is 5.60. The number of aryl methyl sites for hydroxylation is 2. The van der Waals surface area contributed by atoms with Gasteiger partial charge >= 0.3 is 6.03 Å². The monoisotopic (exact) mass is 1610 g/mol. The number of carbonyl (C=O) groups excluding carboxylic acids is 8. The summed E-state index contributed by atoms with van der Waals surface area (Å²) in [7, 11) is 0. The number of thiocarbonyl (C=S) groups is 2.